The average Bonchev–Trinajstić information content (AvgIpc) is 2.35. The van der Waals surface area contributed by atoms with Crippen molar-refractivity contribution in [2.75, 3.05) is 0 Å². The summed E-state index contributed by atoms with van der Waals surface area (Å²) in [5.74, 6) is 0. The van der Waals surface area contributed by atoms with E-state index in [1.54, 1.807) is 0 Å². The molecule has 18 heavy (non-hydrogen) atoms. The van der Waals surface area contributed by atoms with Gasteiger partial charge >= 0.3 is 0 Å². The van der Waals surface area contributed by atoms with Crippen LogP contribution in [0.3, 0.4) is 0 Å². The van der Waals surface area contributed by atoms with Gasteiger partial charge in [-0.05, 0) is 30.2 Å². The zero-order valence-electron chi connectivity index (χ0n) is 9.76. The molecule has 1 aromatic carbocycles. The lowest BCUT2D eigenvalue weighted by Crippen LogP contribution is -1.88. The molecule has 0 unspecified atom stereocenters. The van der Waals surface area contributed by atoms with Gasteiger partial charge in [-0.25, -0.2) is 4.98 Å². The maximum Gasteiger partial charge on any atom is 0.235 e. The van der Waals surface area contributed by atoms with E-state index in [2.05, 4.69) is 11.9 Å². The number of nitro groups is 1. The molecular weight excluding hydrogens is 252 g/mol. The Hall–Kier alpha value is -1.94. The topological polar surface area (TPSA) is 56.0 Å². The van der Waals surface area contributed by atoms with Crippen LogP contribution in [0.4, 0.5) is 0 Å². The van der Waals surface area contributed by atoms with Gasteiger partial charge in [-0.3, -0.25) is 10.1 Å². The molecule has 5 heteroatoms. The summed E-state index contributed by atoms with van der Waals surface area (Å²) >= 11 is 5.98. The normalized spacial score (nSPS) is 11.2. The zero-order valence-corrected chi connectivity index (χ0v) is 10.5. The molecule has 0 amide bonds. The monoisotopic (exact) mass is 262 g/mol. The second kappa shape index (κ2) is 5.14. The first-order valence-corrected chi connectivity index (χ1v) is 5.89. The average molecular weight is 263 g/mol. The minimum absolute atomic E-state index is 0.268. The number of benzene rings is 1. The van der Waals surface area contributed by atoms with E-state index < -0.39 is 4.92 Å². The molecule has 0 aliphatic carbocycles. The fourth-order valence-electron chi connectivity index (χ4n) is 1.70. The summed E-state index contributed by atoms with van der Waals surface area (Å²) in [4.78, 5) is 14.0. The summed E-state index contributed by atoms with van der Waals surface area (Å²) in [5, 5.41) is 11.5. The van der Waals surface area contributed by atoms with Crippen molar-refractivity contribution in [1.29, 1.82) is 0 Å². The highest BCUT2D eigenvalue weighted by Gasteiger charge is 2.04. The van der Waals surface area contributed by atoms with Crippen LogP contribution in [0.15, 0.2) is 30.5 Å². The van der Waals surface area contributed by atoms with Crippen LogP contribution in [-0.4, -0.2) is 9.91 Å². The third kappa shape index (κ3) is 2.65. The molecular formula is C13H11ClN2O2. The molecule has 2 aromatic rings. The number of halogens is 1. The number of nitrogens with zero attached hydrogens (tertiary/aromatic N) is 2. The Kier molecular flexibility index (Phi) is 3.58. The van der Waals surface area contributed by atoms with Crippen LogP contribution in [-0.2, 0) is 6.42 Å². The molecule has 1 aromatic heterocycles. The quantitative estimate of drug-likeness (QED) is 0.481. The van der Waals surface area contributed by atoms with Gasteiger partial charge in [-0.1, -0.05) is 24.6 Å². The van der Waals surface area contributed by atoms with Crippen LogP contribution in [0.5, 0.6) is 0 Å². The number of aryl methyl sites for hydroxylation is 1. The van der Waals surface area contributed by atoms with Crippen molar-refractivity contribution in [3.05, 3.63) is 56.9 Å². The Morgan fingerprint density at radius 1 is 1.44 bits per heavy atom. The van der Waals surface area contributed by atoms with E-state index in [-0.39, 0.29) is 5.15 Å². The lowest BCUT2D eigenvalue weighted by molar-refractivity contribution is -0.400. The number of hydrogen-bond donors (Lipinski definition) is 0. The molecule has 1 heterocycles. The summed E-state index contributed by atoms with van der Waals surface area (Å²) in [6.07, 6.45) is 3.14. The number of aromatic nitrogens is 1. The van der Waals surface area contributed by atoms with Gasteiger partial charge in [-0.2, -0.15) is 0 Å². The van der Waals surface area contributed by atoms with Gasteiger partial charge in [0.05, 0.1) is 10.4 Å². The van der Waals surface area contributed by atoms with E-state index in [1.807, 2.05) is 24.3 Å². The summed E-state index contributed by atoms with van der Waals surface area (Å²) in [5.41, 5.74) is 2.53. The molecule has 0 saturated carbocycles. The Morgan fingerprint density at radius 3 is 2.89 bits per heavy atom. The van der Waals surface area contributed by atoms with Crippen LogP contribution in [0, 0.1) is 10.1 Å². The smallest absolute Gasteiger partial charge is 0.235 e. The summed E-state index contributed by atoms with van der Waals surface area (Å²) < 4.78 is 0. The number of pyridine rings is 1. The zero-order chi connectivity index (χ0) is 13.1. The fraction of sp³-hybridized carbons (Fsp3) is 0.154. The predicted octanol–water partition coefficient (Wildman–Crippen LogP) is 3.70. The molecule has 0 aliphatic heterocycles. The van der Waals surface area contributed by atoms with E-state index in [1.165, 1.54) is 11.6 Å². The predicted molar refractivity (Wildman–Crippen MR) is 72.2 cm³/mol. The third-order valence-electron chi connectivity index (χ3n) is 2.64. The van der Waals surface area contributed by atoms with Crippen molar-refractivity contribution in [3.8, 4) is 0 Å². The molecule has 0 atom stereocenters. The Labute approximate surface area is 109 Å². The van der Waals surface area contributed by atoms with Crippen molar-refractivity contribution >= 4 is 28.6 Å². The maximum atomic E-state index is 10.3. The van der Waals surface area contributed by atoms with Gasteiger partial charge in [0.25, 0.3) is 0 Å². The molecule has 0 radical (unpaired) electrons. The number of fused-ring (bicyclic) bond motifs is 1. The van der Waals surface area contributed by atoms with E-state index in [0.717, 1.165) is 23.5 Å². The largest absolute Gasteiger partial charge is 0.259 e. The SMILES string of the molecule is CCc1ccc2nc(Cl)c(/C=C/[N+](=O)[O-])cc2c1. The Morgan fingerprint density at radius 2 is 2.22 bits per heavy atom. The van der Waals surface area contributed by atoms with Crippen molar-refractivity contribution in [1.82, 2.24) is 4.98 Å². The first-order valence-electron chi connectivity index (χ1n) is 5.51. The summed E-state index contributed by atoms with van der Waals surface area (Å²) in [6.45, 7) is 2.07. The molecule has 0 fully saturated rings. The first-order chi connectivity index (χ1) is 8.60. The van der Waals surface area contributed by atoms with Crippen molar-refractivity contribution in [2.24, 2.45) is 0 Å². The molecule has 0 saturated heterocycles. The van der Waals surface area contributed by atoms with Crippen molar-refractivity contribution in [3.63, 3.8) is 0 Å². The molecule has 4 nitrogen and oxygen atoms in total. The van der Waals surface area contributed by atoms with Gasteiger partial charge in [0.1, 0.15) is 5.15 Å². The minimum atomic E-state index is -0.525. The highest BCUT2D eigenvalue weighted by Crippen LogP contribution is 2.22. The molecule has 0 bridgehead atoms. The molecule has 2 rings (SSSR count). The highest BCUT2D eigenvalue weighted by molar-refractivity contribution is 6.31. The molecule has 0 N–H and O–H groups in total. The van der Waals surface area contributed by atoms with E-state index in [4.69, 9.17) is 11.6 Å². The second-order valence-corrected chi connectivity index (χ2v) is 4.21. The number of hydrogen-bond acceptors (Lipinski definition) is 3. The van der Waals surface area contributed by atoms with Crippen LogP contribution in [0.25, 0.3) is 17.0 Å². The minimum Gasteiger partial charge on any atom is -0.259 e. The van der Waals surface area contributed by atoms with Crippen molar-refractivity contribution in [2.45, 2.75) is 13.3 Å². The third-order valence-corrected chi connectivity index (χ3v) is 2.95. The van der Waals surface area contributed by atoms with Gasteiger partial charge < -0.3 is 0 Å². The van der Waals surface area contributed by atoms with E-state index >= 15 is 0 Å². The van der Waals surface area contributed by atoms with Crippen LogP contribution in [0.1, 0.15) is 18.1 Å². The Bertz CT molecular complexity index is 638. The molecule has 92 valence electrons. The van der Waals surface area contributed by atoms with E-state index in [9.17, 15) is 10.1 Å². The lowest BCUT2D eigenvalue weighted by atomic mass is 10.1. The van der Waals surface area contributed by atoms with Crippen molar-refractivity contribution < 1.29 is 4.92 Å². The first kappa shape index (κ1) is 12.5. The van der Waals surface area contributed by atoms with E-state index in [0.29, 0.717) is 5.56 Å². The number of rotatable bonds is 3. The highest BCUT2D eigenvalue weighted by atomic mass is 35.5. The van der Waals surface area contributed by atoms with Crippen LogP contribution < -0.4 is 0 Å². The molecule has 0 spiro atoms. The standard InChI is InChI=1S/C13H11ClN2O2/c1-2-9-3-4-12-11(7-9)8-10(13(14)15-12)5-6-16(17)18/h3-8H,2H2,1H3/b6-5+. The van der Waals surface area contributed by atoms with Crippen LogP contribution >= 0.6 is 11.6 Å². The molecule has 0 aliphatic rings. The van der Waals surface area contributed by atoms with Crippen LogP contribution in [0.2, 0.25) is 5.15 Å². The second-order valence-electron chi connectivity index (χ2n) is 3.85. The van der Waals surface area contributed by atoms with Gasteiger partial charge in [0.15, 0.2) is 0 Å². The van der Waals surface area contributed by atoms with Gasteiger partial charge in [-0.15, -0.1) is 0 Å². The summed E-state index contributed by atoms with van der Waals surface area (Å²) in [7, 11) is 0. The summed E-state index contributed by atoms with van der Waals surface area (Å²) in [6, 6.07) is 7.73. The van der Waals surface area contributed by atoms with Gasteiger partial charge in [0.2, 0.25) is 6.20 Å². The maximum absolute atomic E-state index is 10.3. The fourth-order valence-corrected chi connectivity index (χ4v) is 1.91. The Balaban J connectivity index is 2.54. The van der Waals surface area contributed by atoms with Gasteiger partial charge in [0, 0.05) is 17.0 Å². The lowest BCUT2D eigenvalue weighted by Gasteiger charge is -2.03.